The van der Waals surface area contributed by atoms with Gasteiger partial charge in [-0.05, 0) is 31.9 Å². The van der Waals surface area contributed by atoms with Gasteiger partial charge in [0.05, 0.1) is 32.5 Å². The predicted molar refractivity (Wildman–Crippen MR) is 186 cm³/mol. The molecule has 4 heterocycles. The van der Waals surface area contributed by atoms with E-state index in [1.165, 1.54) is 16.7 Å². The first-order valence-corrected chi connectivity index (χ1v) is 16.3. The van der Waals surface area contributed by atoms with Crippen molar-refractivity contribution < 1.29 is 14.3 Å². The van der Waals surface area contributed by atoms with Crippen molar-refractivity contribution in [3.63, 3.8) is 0 Å². The summed E-state index contributed by atoms with van der Waals surface area (Å²) in [6.07, 6.45) is 4.79. The molecule has 14 heteroatoms. The quantitative estimate of drug-likeness (QED) is 0.164. The van der Waals surface area contributed by atoms with E-state index in [1.807, 2.05) is 45.6 Å². The number of hydrogen-bond acceptors (Lipinski definition) is 7. The van der Waals surface area contributed by atoms with Crippen molar-refractivity contribution >= 4 is 74.7 Å². The van der Waals surface area contributed by atoms with Crippen LogP contribution in [0.15, 0.2) is 40.8 Å². The number of hydrogen-bond donors (Lipinski definition) is 1. The molecular formula is C33H31Cl4FN6O3. The number of fused-ring (bicyclic) bond motifs is 1. The van der Waals surface area contributed by atoms with Crippen LogP contribution in [-0.2, 0) is 4.79 Å². The number of aromatic hydroxyl groups is 1. The highest BCUT2D eigenvalue weighted by Gasteiger charge is 2.37. The molecule has 1 N–H and O–H groups in total. The topological polar surface area (TPSA) is 115 Å². The molecule has 5 rings (SSSR count). The normalized spacial score (nSPS) is 21.3. The summed E-state index contributed by atoms with van der Waals surface area (Å²) in [5.41, 5.74) is -0.0186. The van der Waals surface area contributed by atoms with Gasteiger partial charge in [0, 0.05) is 54.0 Å². The Morgan fingerprint density at radius 1 is 1.15 bits per heavy atom. The SMILES string of the molecule is C=CC(=O)N1[C@H](C)CN(c2c(C#N)c(=O)n(C3C(C(C)C)=NC=C[C@H]3C)c3nc(-c4c(Cl)c(O)c(Cl)c(F)c4Cl)c(Cl)cc23)C[C@@H]1C. The third-order valence-corrected chi connectivity index (χ3v) is 10.0. The summed E-state index contributed by atoms with van der Waals surface area (Å²) >= 11 is 25.6. The van der Waals surface area contributed by atoms with E-state index in [1.54, 1.807) is 11.1 Å². The second-order valence-corrected chi connectivity index (χ2v) is 13.6. The van der Waals surface area contributed by atoms with Crippen molar-refractivity contribution in [1.29, 1.82) is 5.26 Å². The molecule has 0 radical (unpaired) electrons. The van der Waals surface area contributed by atoms with E-state index < -0.39 is 33.2 Å². The van der Waals surface area contributed by atoms with E-state index in [9.17, 15) is 20.0 Å². The Hall–Kier alpha value is -3.62. The number of phenols is 1. The number of anilines is 1. The fourth-order valence-electron chi connectivity index (χ4n) is 6.60. The molecule has 0 saturated carbocycles. The summed E-state index contributed by atoms with van der Waals surface area (Å²) in [6, 6.07) is 2.38. The van der Waals surface area contributed by atoms with Gasteiger partial charge in [-0.15, -0.1) is 0 Å². The maximum absolute atomic E-state index is 15.1. The van der Waals surface area contributed by atoms with Crippen molar-refractivity contribution in [3.05, 3.63) is 72.8 Å². The molecule has 0 bridgehead atoms. The standard InChI is InChI=1S/C33H31Cl4FN6O3/c1-7-21(45)43-16(5)12-42(13-17(43)6)30-18-10-20(34)28(22-23(35)26(38)25(37)31(46)24(22)36)41-32(18)44(33(47)19(30)11-39)29-15(4)8-9-40-27(29)14(2)3/h7-10,14-17,29,46H,1,12-13H2,2-6H3/t15-,16-,17+,29?/m1/s1. The number of nitrogens with zero attached hydrogens (tertiary/aromatic N) is 6. The van der Waals surface area contributed by atoms with Gasteiger partial charge < -0.3 is 14.9 Å². The first kappa shape index (κ1) is 34.7. The molecule has 1 aromatic carbocycles. The van der Waals surface area contributed by atoms with Crippen LogP contribution in [0.5, 0.6) is 5.75 Å². The first-order chi connectivity index (χ1) is 22.2. The number of amides is 1. The summed E-state index contributed by atoms with van der Waals surface area (Å²) < 4.78 is 16.5. The molecule has 246 valence electrons. The fourth-order valence-corrected chi connectivity index (χ4v) is 7.74. The minimum Gasteiger partial charge on any atom is -0.505 e. The summed E-state index contributed by atoms with van der Waals surface area (Å²) in [7, 11) is 0. The molecular weight excluding hydrogens is 689 g/mol. The van der Waals surface area contributed by atoms with Crippen LogP contribution in [0.1, 0.15) is 46.2 Å². The number of carbonyl (C=O) groups is 1. The summed E-state index contributed by atoms with van der Waals surface area (Å²) in [5.74, 6) is -2.45. The number of pyridine rings is 2. The van der Waals surface area contributed by atoms with E-state index >= 15 is 4.39 Å². The number of allylic oxidation sites excluding steroid dienone is 1. The Bertz CT molecular complexity index is 1960. The van der Waals surface area contributed by atoms with Crippen LogP contribution < -0.4 is 10.5 Å². The Labute approximate surface area is 291 Å². The average molecular weight is 720 g/mol. The number of benzene rings is 1. The lowest BCUT2D eigenvalue weighted by Gasteiger charge is -2.45. The predicted octanol–water partition coefficient (Wildman–Crippen LogP) is 7.81. The summed E-state index contributed by atoms with van der Waals surface area (Å²) in [4.78, 5) is 40.3. The van der Waals surface area contributed by atoms with Crippen molar-refractivity contribution in [2.24, 2.45) is 16.8 Å². The van der Waals surface area contributed by atoms with Gasteiger partial charge in [-0.2, -0.15) is 5.26 Å². The molecule has 0 spiro atoms. The summed E-state index contributed by atoms with van der Waals surface area (Å²) in [5, 5.41) is 19.8. The van der Waals surface area contributed by atoms with Gasteiger partial charge in [-0.25, -0.2) is 9.37 Å². The van der Waals surface area contributed by atoms with E-state index in [2.05, 4.69) is 17.6 Å². The zero-order chi connectivity index (χ0) is 34.6. The average Bonchev–Trinajstić information content (AvgIpc) is 3.02. The number of carbonyl (C=O) groups excluding carboxylic acids is 1. The minimum absolute atomic E-state index is 0.0475. The number of aliphatic imine (C=N–C) groups is 1. The van der Waals surface area contributed by atoms with Crippen LogP contribution in [0.4, 0.5) is 10.1 Å². The van der Waals surface area contributed by atoms with E-state index in [0.717, 1.165) is 0 Å². The highest BCUT2D eigenvalue weighted by molar-refractivity contribution is 6.44. The molecule has 0 aliphatic carbocycles. The zero-order valence-corrected chi connectivity index (χ0v) is 29.2. The first-order valence-electron chi connectivity index (χ1n) is 14.8. The number of piperazine rings is 1. The van der Waals surface area contributed by atoms with E-state index in [-0.39, 0.29) is 75.4 Å². The maximum Gasteiger partial charge on any atom is 0.272 e. The molecule has 1 fully saturated rings. The number of aromatic nitrogens is 2. The van der Waals surface area contributed by atoms with Crippen LogP contribution >= 0.6 is 46.4 Å². The lowest BCUT2D eigenvalue weighted by molar-refractivity contribution is -0.130. The Balaban J connectivity index is 1.91. The number of phenolic OH excluding ortho intramolecular Hbond substituents is 1. The van der Waals surface area contributed by atoms with Crippen molar-refractivity contribution in [2.75, 3.05) is 18.0 Å². The molecule has 4 atom stereocenters. The number of nitriles is 1. The van der Waals surface area contributed by atoms with Gasteiger partial charge in [-0.1, -0.05) is 79.8 Å². The lowest BCUT2D eigenvalue weighted by atomic mass is 9.88. The Kier molecular flexibility index (Phi) is 9.69. The minimum atomic E-state index is -1.13. The molecule has 2 aromatic heterocycles. The van der Waals surface area contributed by atoms with Gasteiger partial charge in [-0.3, -0.25) is 19.1 Å². The number of rotatable bonds is 5. The molecule has 47 heavy (non-hydrogen) atoms. The van der Waals surface area contributed by atoms with E-state index in [0.29, 0.717) is 16.8 Å². The zero-order valence-electron chi connectivity index (χ0n) is 26.2. The van der Waals surface area contributed by atoms with Crippen LogP contribution in [0.25, 0.3) is 22.3 Å². The highest BCUT2D eigenvalue weighted by Crippen LogP contribution is 2.48. The van der Waals surface area contributed by atoms with Gasteiger partial charge in [0.15, 0.2) is 11.6 Å². The molecule has 1 unspecified atom stereocenters. The van der Waals surface area contributed by atoms with Crippen LogP contribution in [0.2, 0.25) is 20.1 Å². The second-order valence-electron chi connectivity index (χ2n) is 12.1. The van der Waals surface area contributed by atoms with Crippen LogP contribution in [-0.4, -0.2) is 56.3 Å². The molecule has 2 aliphatic heterocycles. The highest BCUT2D eigenvalue weighted by atomic mass is 35.5. The van der Waals surface area contributed by atoms with Gasteiger partial charge in [0.1, 0.15) is 22.3 Å². The van der Waals surface area contributed by atoms with Crippen molar-refractivity contribution in [2.45, 2.75) is 52.7 Å². The van der Waals surface area contributed by atoms with Gasteiger partial charge >= 0.3 is 0 Å². The molecule has 2 aliphatic rings. The Morgan fingerprint density at radius 2 is 1.79 bits per heavy atom. The van der Waals surface area contributed by atoms with Crippen molar-refractivity contribution in [1.82, 2.24) is 14.5 Å². The lowest BCUT2D eigenvalue weighted by Crippen LogP contribution is -2.58. The molecule has 1 amide bonds. The number of halogens is 5. The second kappa shape index (κ2) is 13.1. The maximum atomic E-state index is 15.1. The summed E-state index contributed by atoms with van der Waals surface area (Å²) in [6.45, 7) is 13.7. The third-order valence-electron chi connectivity index (χ3n) is 8.65. The smallest absolute Gasteiger partial charge is 0.272 e. The molecule has 9 nitrogen and oxygen atoms in total. The van der Waals surface area contributed by atoms with Gasteiger partial charge in [0.2, 0.25) is 5.91 Å². The largest absolute Gasteiger partial charge is 0.505 e. The Morgan fingerprint density at radius 3 is 2.36 bits per heavy atom. The molecule has 3 aromatic rings. The van der Waals surface area contributed by atoms with Crippen LogP contribution in [0, 0.1) is 29.0 Å². The third kappa shape index (κ3) is 5.67. The van der Waals surface area contributed by atoms with E-state index in [4.69, 9.17) is 51.4 Å². The molecule has 1 saturated heterocycles. The van der Waals surface area contributed by atoms with Crippen molar-refractivity contribution in [3.8, 4) is 23.1 Å². The fraction of sp³-hybridized carbons (Fsp3) is 0.364. The van der Waals surface area contributed by atoms with Gasteiger partial charge in [0.25, 0.3) is 5.56 Å². The monoisotopic (exact) mass is 718 g/mol. The van der Waals surface area contributed by atoms with Crippen LogP contribution in [0.3, 0.4) is 0 Å².